The molecule has 2 aromatic rings. The second kappa shape index (κ2) is 11.9. The van der Waals surface area contributed by atoms with Gasteiger partial charge in [-0.15, -0.1) is 0 Å². The lowest BCUT2D eigenvalue weighted by molar-refractivity contribution is -0.139. The second-order valence-corrected chi connectivity index (χ2v) is 11.6. The molecule has 1 heterocycles. The van der Waals surface area contributed by atoms with Crippen LogP contribution in [0.3, 0.4) is 0 Å². The van der Waals surface area contributed by atoms with E-state index >= 15 is 0 Å². The molecule has 1 saturated carbocycles. The first kappa shape index (κ1) is 26.8. The molecule has 2 aliphatic rings. The van der Waals surface area contributed by atoms with Crippen LogP contribution < -0.4 is 19.1 Å². The molecular formula is C27H35N3O6S. The van der Waals surface area contributed by atoms with E-state index in [4.69, 9.17) is 9.47 Å². The van der Waals surface area contributed by atoms with Crippen LogP contribution >= 0.6 is 0 Å². The molecule has 1 fully saturated rings. The summed E-state index contributed by atoms with van der Waals surface area (Å²) in [6.45, 7) is 1.60. The molecule has 0 saturated heterocycles. The fourth-order valence-electron chi connectivity index (χ4n) is 4.79. The number of hydrogen-bond acceptors (Lipinski definition) is 6. The summed E-state index contributed by atoms with van der Waals surface area (Å²) < 4.78 is 37.2. The van der Waals surface area contributed by atoms with E-state index in [-0.39, 0.29) is 25.3 Å². The van der Waals surface area contributed by atoms with Gasteiger partial charge in [0, 0.05) is 18.7 Å². The van der Waals surface area contributed by atoms with Crippen LogP contribution in [0.15, 0.2) is 48.5 Å². The number of carbonyl (C=O) groups excluding carboxylic acids is 2. The first-order chi connectivity index (χ1) is 17.7. The maximum Gasteiger partial charge on any atom is 0.244 e. The summed E-state index contributed by atoms with van der Waals surface area (Å²) in [4.78, 5) is 28.3. The molecular weight excluding hydrogens is 494 g/mol. The summed E-state index contributed by atoms with van der Waals surface area (Å²) in [6, 6.07) is 13.8. The van der Waals surface area contributed by atoms with Gasteiger partial charge < -0.3 is 19.7 Å². The summed E-state index contributed by atoms with van der Waals surface area (Å²) in [6.07, 6.45) is 6.79. The van der Waals surface area contributed by atoms with Gasteiger partial charge in [0.2, 0.25) is 28.6 Å². The Morgan fingerprint density at radius 1 is 1.03 bits per heavy atom. The molecule has 9 nitrogen and oxygen atoms in total. The first-order valence-corrected chi connectivity index (χ1v) is 14.6. The smallest absolute Gasteiger partial charge is 0.244 e. The van der Waals surface area contributed by atoms with E-state index < -0.39 is 28.5 Å². The Bertz CT molecular complexity index is 1200. The van der Waals surface area contributed by atoms with Crippen LogP contribution in [-0.4, -0.2) is 63.4 Å². The number of hydrogen-bond donors (Lipinski definition) is 1. The van der Waals surface area contributed by atoms with Gasteiger partial charge in [-0.2, -0.15) is 0 Å². The lowest BCUT2D eigenvalue weighted by Gasteiger charge is -2.33. The number of carbonyl (C=O) groups is 2. The minimum Gasteiger partial charge on any atom is -0.454 e. The van der Waals surface area contributed by atoms with Crippen molar-refractivity contribution in [3.63, 3.8) is 0 Å². The molecule has 0 spiro atoms. The van der Waals surface area contributed by atoms with Crippen LogP contribution in [0, 0.1) is 0 Å². The summed E-state index contributed by atoms with van der Waals surface area (Å²) >= 11 is 0. The van der Waals surface area contributed by atoms with Gasteiger partial charge in [0.1, 0.15) is 12.6 Å². The highest BCUT2D eigenvalue weighted by Gasteiger charge is 2.31. The third kappa shape index (κ3) is 6.94. The van der Waals surface area contributed by atoms with Crippen molar-refractivity contribution in [2.75, 3.05) is 30.4 Å². The number of ether oxygens (including phenoxy) is 2. The Hall–Kier alpha value is -3.27. The highest BCUT2D eigenvalue weighted by atomic mass is 32.2. The number of sulfonamides is 1. The van der Waals surface area contributed by atoms with Gasteiger partial charge in [-0.05, 0) is 43.9 Å². The van der Waals surface area contributed by atoms with E-state index in [1.54, 1.807) is 25.1 Å². The molecule has 10 heteroatoms. The minimum absolute atomic E-state index is 0.0531. The van der Waals surface area contributed by atoms with Crippen molar-refractivity contribution in [2.45, 2.75) is 57.5 Å². The third-order valence-electron chi connectivity index (χ3n) is 6.93. The third-order valence-corrected chi connectivity index (χ3v) is 8.07. The van der Waals surface area contributed by atoms with Crippen molar-refractivity contribution in [3.8, 4) is 11.5 Å². The molecule has 200 valence electrons. The average molecular weight is 530 g/mol. The van der Waals surface area contributed by atoms with E-state index in [2.05, 4.69) is 5.32 Å². The van der Waals surface area contributed by atoms with Crippen LogP contribution in [0.4, 0.5) is 5.69 Å². The highest BCUT2D eigenvalue weighted by Crippen LogP contribution is 2.36. The quantitative estimate of drug-likeness (QED) is 0.507. The summed E-state index contributed by atoms with van der Waals surface area (Å²) in [5, 5.41) is 3.10. The topological polar surface area (TPSA) is 105 Å². The van der Waals surface area contributed by atoms with Crippen molar-refractivity contribution >= 4 is 27.5 Å². The zero-order valence-electron chi connectivity index (χ0n) is 21.4. The van der Waals surface area contributed by atoms with Gasteiger partial charge in [0.05, 0.1) is 11.9 Å². The van der Waals surface area contributed by atoms with Crippen LogP contribution in [0.1, 0.15) is 44.6 Å². The zero-order valence-corrected chi connectivity index (χ0v) is 22.2. The lowest BCUT2D eigenvalue weighted by atomic mass is 9.95. The van der Waals surface area contributed by atoms with Gasteiger partial charge in [-0.3, -0.25) is 13.9 Å². The highest BCUT2D eigenvalue weighted by molar-refractivity contribution is 7.92. The summed E-state index contributed by atoms with van der Waals surface area (Å²) in [7, 11) is -3.81. The number of nitrogens with one attached hydrogen (secondary N) is 1. The molecule has 1 atom stereocenters. The minimum atomic E-state index is -3.81. The standard InChI is InChI=1S/C27H35N3O6S/c1-20(27(32)28-22-11-7-4-8-12-22)29(16-15-21-9-5-3-6-10-21)26(31)18-30(37(2,33)34)23-13-14-24-25(17-23)36-19-35-24/h3,5-6,9-10,13-14,17,20,22H,4,7-8,11-12,15-16,18-19H2,1-2H3,(H,28,32)/t20-/m1/s1. The maximum absolute atomic E-state index is 13.7. The van der Waals surface area contributed by atoms with Crippen molar-refractivity contribution in [3.05, 3.63) is 54.1 Å². The predicted octanol–water partition coefficient (Wildman–Crippen LogP) is 3.09. The van der Waals surface area contributed by atoms with Crippen molar-refractivity contribution < 1.29 is 27.5 Å². The molecule has 4 rings (SSSR count). The Kier molecular flexibility index (Phi) is 8.58. The summed E-state index contributed by atoms with van der Waals surface area (Å²) in [5.74, 6) is 0.258. The molecule has 0 aromatic heterocycles. The van der Waals surface area contributed by atoms with Crippen LogP contribution in [0.25, 0.3) is 0 Å². The van der Waals surface area contributed by atoms with Crippen LogP contribution in [0.2, 0.25) is 0 Å². The second-order valence-electron chi connectivity index (χ2n) is 9.65. The van der Waals surface area contributed by atoms with Crippen molar-refractivity contribution in [2.24, 2.45) is 0 Å². The zero-order chi connectivity index (χ0) is 26.4. The van der Waals surface area contributed by atoms with E-state index in [0.717, 1.165) is 41.8 Å². The lowest BCUT2D eigenvalue weighted by Crippen LogP contribution is -2.53. The molecule has 1 aliphatic heterocycles. The number of fused-ring (bicyclic) bond motifs is 1. The molecule has 0 unspecified atom stereocenters. The van der Waals surface area contributed by atoms with E-state index in [0.29, 0.717) is 23.6 Å². The largest absolute Gasteiger partial charge is 0.454 e. The van der Waals surface area contributed by atoms with Crippen molar-refractivity contribution in [1.29, 1.82) is 0 Å². The van der Waals surface area contributed by atoms with Gasteiger partial charge in [0.15, 0.2) is 11.5 Å². The SMILES string of the molecule is C[C@H](C(=O)NC1CCCCC1)N(CCc1ccccc1)C(=O)CN(c1ccc2c(c1)OCO2)S(C)(=O)=O. The van der Waals surface area contributed by atoms with Gasteiger partial charge in [-0.1, -0.05) is 49.6 Å². The monoisotopic (exact) mass is 529 g/mol. The maximum atomic E-state index is 13.7. The molecule has 0 bridgehead atoms. The number of anilines is 1. The molecule has 1 aliphatic carbocycles. The van der Waals surface area contributed by atoms with Gasteiger partial charge >= 0.3 is 0 Å². The van der Waals surface area contributed by atoms with E-state index in [9.17, 15) is 18.0 Å². The first-order valence-electron chi connectivity index (χ1n) is 12.7. The van der Waals surface area contributed by atoms with Crippen LogP contribution in [0.5, 0.6) is 11.5 Å². The summed E-state index contributed by atoms with van der Waals surface area (Å²) in [5.41, 5.74) is 1.32. The predicted molar refractivity (Wildman–Crippen MR) is 141 cm³/mol. The van der Waals surface area contributed by atoms with E-state index in [1.807, 2.05) is 30.3 Å². The van der Waals surface area contributed by atoms with Crippen LogP contribution in [-0.2, 0) is 26.0 Å². The van der Waals surface area contributed by atoms with Gasteiger partial charge in [0.25, 0.3) is 0 Å². The molecule has 0 radical (unpaired) electrons. The number of nitrogens with zero attached hydrogens (tertiary/aromatic N) is 2. The molecule has 2 amide bonds. The van der Waals surface area contributed by atoms with Crippen molar-refractivity contribution in [1.82, 2.24) is 10.2 Å². The molecule has 37 heavy (non-hydrogen) atoms. The molecule has 1 N–H and O–H groups in total. The molecule has 2 aromatic carbocycles. The fraction of sp³-hybridized carbons (Fsp3) is 0.481. The van der Waals surface area contributed by atoms with Gasteiger partial charge in [-0.25, -0.2) is 8.42 Å². The van der Waals surface area contributed by atoms with E-state index in [1.165, 1.54) is 11.3 Å². The number of rotatable bonds is 10. The Balaban J connectivity index is 1.54. The Labute approximate surface area is 218 Å². The Morgan fingerprint density at radius 2 is 1.73 bits per heavy atom. The fourth-order valence-corrected chi connectivity index (χ4v) is 5.63. The Morgan fingerprint density at radius 3 is 2.43 bits per heavy atom. The average Bonchev–Trinajstić information content (AvgIpc) is 3.36. The number of benzene rings is 2. The normalized spacial score (nSPS) is 16.2. The number of amides is 2.